The zero-order valence-electron chi connectivity index (χ0n) is 17.0. The molecule has 3 aromatic carbocycles. The lowest BCUT2D eigenvalue weighted by Crippen LogP contribution is -2.72. The van der Waals surface area contributed by atoms with Crippen molar-refractivity contribution in [2.75, 3.05) is 0 Å². The Morgan fingerprint density at radius 2 is 1.52 bits per heavy atom. The maximum atomic E-state index is 14.0. The van der Waals surface area contributed by atoms with Gasteiger partial charge >= 0.3 is 12.2 Å². The first-order chi connectivity index (χ1) is 15.7. The highest BCUT2D eigenvalue weighted by atomic mass is 19.4. The lowest BCUT2D eigenvalue weighted by atomic mass is 9.77. The van der Waals surface area contributed by atoms with Crippen LogP contribution in [0.3, 0.4) is 0 Å². The van der Waals surface area contributed by atoms with Crippen LogP contribution in [-0.4, -0.2) is 28.8 Å². The summed E-state index contributed by atoms with van der Waals surface area (Å²) < 4.78 is 47.8. The fourth-order valence-corrected chi connectivity index (χ4v) is 3.79. The Morgan fingerprint density at radius 3 is 2.15 bits per heavy atom. The number of ether oxygens (including phenoxy) is 1. The number of halogens is 3. The summed E-state index contributed by atoms with van der Waals surface area (Å²) in [6, 6.07) is 19.2. The first kappa shape index (κ1) is 22.3. The second-order valence-corrected chi connectivity index (χ2v) is 7.54. The average molecular weight is 456 g/mol. The number of hydrogen-bond acceptors (Lipinski definition) is 4. The molecule has 3 N–H and O–H groups in total. The molecule has 1 aliphatic rings. The molecule has 6 nitrogen and oxygen atoms in total. The number of urea groups is 1. The molecule has 4 rings (SSSR count). The van der Waals surface area contributed by atoms with Crippen LogP contribution in [0, 0.1) is 5.92 Å². The topological polar surface area (TPSA) is 87.7 Å². The maximum Gasteiger partial charge on any atom is 0.437 e. The number of hydrogen-bond donors (Lipinski definition) is 3. The van der Waals surface area contributed by atoms with Gasteiger partial charge in [0.15, 0.2) is 5.78 Å². The van der Waals surface area contributed by atoms with Crippen molar-refractivity contribution in [2.24, 2.45) is 5.92 Å². The Hall–Kier alpha value is -3.85. The van der Waals surface area contributed by atoms with Gasteiger partial charge in [-0.2, -0.15) is 13.2 Å². The Morgan fingerprint density at radius 1 is 0.909 bits per heavy atom. The molecule has 0 spiro atoms. The number of carbonyl (C=O) groups is 2. The van der Waals surface area contributed by atoms with Gasteiger partial charge in [-0.15, -0.1) is 0 Å². The summed E-state index contributed by atoms with van der Waals surface area (Å²) in [5.41, 5.74) is -3.66. The molecule has 0 bridgehead atoms. The SMILES string of the molecule is O=C1N[C@H](c2cccc(Oc3ccccc3)c2)[C@H](C(=O)c2ccccc2)[C@@](O)(C(F)(F)F)N1. The summed E-state index contributed by atoms with van der Waals surface area (Å²) in [5.74, 6) is -2.31. The van der Waals surface area contributed by atoms with Crippen LogP contribution in [0.5, 0.6) is 11.5 Å². The third-order valence-electron chi connectivity index (χ3n) is 5.34. The van der Waals surface area contributed by atoms with E-state index in [0.717, 1.165) is 0 Å². The van der Waals surface area contributed by atoms with Crippen molar-refractivity contribution in [1.82, 2.24) is 10.6 Å². The van der Waals surface area contributed by atoms with E-state index in [1.165, 1.54) is 47.8 Å². The molecule has 2 amide bonds. The maximum absolute atomic E-state index is 14.0. The highest BCUT2D eigenvalue weighted by Gasteiger charge is 2.66. The quantitative estimate of drug-likeness (QED) is 0.491. The highest BCUT2D eigenvalue weighted by molar-refractivity contribution is 6.00. The van der Waals surface area contributed by atoms with Gasteiger partial charge < -0.3 is 20.5 Å². The van der Waals surface area contributed by atoms with E-state index in [4.69, 9.17) is 4.74 Å². The van der Waals surface area contributed by atoms with Gasteiger partial charge in [-0.25, -0.2) is 4.79 Å². The van der Waals surface area contributed by atoms with Gasteiger partial charge in [0, 0.05) is 5.56 Å². The van der Waals surface area contributed by atoms with Crippen LogP contribution in [0.1, 0.15) is 22.0 Å². The Balaban J connectivity index is 1.78. The number of aliphatic hydroxyl groups is 1. The van der Waals surface area contributed by atoms with E-state index < -0.39 is 35.7 Å². The van der Waals surface area contributed by atoms with E-state index in [1.54, 1.807) is 42.5 Å². The van der Waals surface area contributed by atoms with Gasteiger partial charge in [-0.3, -0.25) is 4.79 Å². The Kier molecular flexibility index (Phi) is 5.82. The molecule has 3 aromatic rings. The molecule has 1 fully saturated rings. The number of Topliss-reactive ketones (excluding diaryl/α,β-unsaturated/α-hetero) is 1. The number of carbonyl (C=O) groups excluding carboxylic acids is 2. The van der Waals surface area contributed by atoms with E-state index in [2.05, 4.69) is 5.32 Å². The molecule has 33 heavy (non-hydrogen) atoms. The summed E-state index contributed by atoms with van der Waals surface area (Å²) in [6.45, 7) is 0. The first-order valence-corrected chi connectivity index (χ1v) is 9.99. The van der Waals surface area contributed by atoms with Gasteiger partial charge in [0.2, 0.25) is 5.72 Å². The van der Waals surface area contributed by atoms with Crippen LogP contribution in [0.15, 0.2) is 84.9 Å². The number of ketones is 1. The average Bonchev–Trinajstić information content (AvgIpc) is 2.79. The van der Waals surface area contributed by atoms with Crippen molar-refractivity contribution in [3.63, 3.8) is 0 Å². The molecule has 0 aromatic heterocycles. The number of para-hydroxylation sites is 1. The lowest BCUT2D eigenvalue weighted by molar-refractivity contribution is -0.287. The fourth-order valence-electron chi connectivity index (χ4n) is 3.79. The Bertz CT molecular complexity index is 1160. The summed E-state index contributed by atoms with van der Waals surface area (Å²) >= 11 is 0. The number of alkyl halides is 3. The smallest absolute Gasteiger partial charge is 0.437 e. The van der Waals surface area contributed by atoms with Gasteiger partial charge in [0.25, 0.3) is 0 Å². The number of rotatable bonds is 5. The lowest BCUT2D eigenvalue weighted by Gasteiger charge is -2.45. The van der Waals surface area contributed by atoms with Gasteiger partial charge in [-0.1, -0.05) is 60.7 Å². The molecule has 3 atom stereocenters. The van der Waals surface area contributed by atoms with Crippen LogP contribution in [0.2, 0.25) is 0 Å². The summed E-state index contributed by atoms with van der Waals surface area (Å²) in [7, 11) is 0. The summed E-state index contributed by atoms with van der Waals surface area (Å²) in [4.78, 5) is 25.4. The van der Waals surface area contributed by atoms with E-state index in [0.29, 0.717) is 5.75 Å². The predicted molar refractivity (Wildman–Crippen MR) is 113 cm³/mol. The second-order valence-electron chi connectivity index (χ2n) is 7.54. The number of nitrogens with one attached hydrogen (secondary N) is 2. The molecule has 170 valence electrons. The minimum atomic E-state index is -5.32. The van der Waals surface area contributed by atoms with E-state index in [9.17, 15) is 27.9 Å². The monoisotopic (exact) mass is 456 g/mol. The van der Waals surface area contributed by atoms with Gasteiger partial charge in [0.1, 0.15) is 17.4 Å². The molecule has 1 heterocycles. The highest BCUT2D eigenvalue weighted by Crippen LogP contribution is 2.44. The minimum absolute atomic E-state index is 0.0372. The number of amides is 2. The first-order valence-electron chi connectivity index (χ1n) is 9.99. The normalized spacial score (nSPS) is 22.7. The zero-order chi connectivity index (χ0) is 23.6. The third-order valence-corrected chi connectivity index (χ3v) is 5.34. The van der Waals surface area contributed by atoms with Gasteiger partial charge in [-0.05, 0) is 29.8 Å². The largest absolute Gasteiger partial charge is 0.457 e. The van der Waals surface area contributed by atoms with E-state index in [1.807, 2.05) is 0 Å². The molecule has 0 unspecified atom stereocenters. The molecular weight excluding hydrogens is 437 g/mol. The molecule has 9 heteroatoms. The molecule has 0 aliphatic carbocycles. The fraction of sp³-hybridized carbons (Fsp3) is 0.167. The molecule has 0 saturated carbocycles. The van der Waals surface area contributed by atoms with Crippen molar-refractivity contribution in [2.45, 2.75) is 17.9 Å². The van der Waals surface area contributed by atoms with Crippen molar-refractivity contribution < 1.29 is 32.6 Å². The second kappa shape index (κ2) is 8.59. The zero-order valence-corrected chi connectivity index (χ0v) is 17.0. The van der Waals surface area contributed by atoms with E-state index >= 15 is 0 Å². The van der Waals surface area contributed by atoms with E-state index in [-0.39, 0.29) is 16.9 Å². The Labute approximate surface area is 187 Å². The third kappa shape index (κ3) is 4.40. The van der Waals surface area contributed by atoms with Crippen molar-refractivity contribution in [3.8, 4) is 11.5 Å². The van der Waals surface area contributed by atoms with Crippen molar-refractivity contribution in [3.05, 3.63) is 96.1 Å². The van der Waals surface area contributed by atoms with Crippen LogP contribution in [0.25, 0.3) is 0 Å². The molecule has 1 aliphatic heterocycles. The predicted octanol–water partition coefficient (Wildman–Crippen LogP) is 4.58. The minimum Gasteiger partial charge on any atom is -0.457 e. The molecule has 1 saturated heterocycles. The van der Waals surface area contributed by atoms with Crippen LogP contribution >= 0.6 is 0 Å². The molecule has 0 radical (unpaired) electrons. The molecular formula is C24H19F3N2O4. The van der Waals surface area contributed by atoms with Crippen LogP contribution < -0.4 is 15.4 Å². The summed E-state index contributed by atoms with van der Waals surface area (Å²) in [6.07, 6.45) is -5.32. The standard InChI is InChI=1S/C24H19F3N2O4/c25-24(26,27)23(32)19(21(30)15-8-3-1-4-9-15)20(28-22(31)29-23)16-10-7-13-18(14-16)33-17-11-5-2-6-12-17/h1-14,19-20,32H,(H2,28,29,31)/t19-,20-,23-/m1/s1. The summed E-state index contributed by atoms with van der Waals surface area (Å²) in [5, 5.41) is 14.5. The van der Waals surface area contributed by atoms with Crippen LogP contribution in [0.4, 0.5) is 18.0 Å². The van der Waals surface area contributed by atoms with Gasteiger partial charge in [0.05, 0.1) is 6.04 Å². The van der Waals surface area contributed by atoms with Crippen molar-refractivity contribution >= 4 is 11.8 Å². The number of benzene rings is 3. The van der Waals surface area contributed by atoms with Crippen LogP contribution in [-0.2, 0) is 0 Å². The van der Waals surface area contributed by atoms with Crippen molar-refractivity contribution in [1.29, 1.82) is 0 Å².